The highest BCUT2D eigenvalue weighted by molar-refractivity contribution is 7.89. The molecule has 1 aliphatic rings. The minimum Gasteiger partial charge on any atom is -0.465 e. The average Bonchev–Trinajstić information content (AvgIpc) is 2.41. The molecular weight excluding hydrogens is 296 g/mol. The molecule has 0 aliphatic heterocycles. The number of nitrogens with two attached hydrogens (primary N) is 1. The first kappa shape index (κ1) is 15.7. The van der Waals surface area contributed by atoms with Crippen LogP contribution in [0.3, 0.4) is 0 Å². The fourth-order valence-electron chi connectivity index (χ4n) is 2.19. The number of sulfonamides is 1. The Labute approximate surface area is 123 Å². The lowest BCUT2D eigenvalue weighted by Crippen LogP contribution is -2.47. The number of carbonyl (C=O) groups excluding carboxylic acids is 1. The number of hydrogen-bond donors (Lipinski definition) is 2. The van der Waals surface area contributed by atoms with Crippen molar-refractivity contribution in [1.29, 1.82) is 0 Å². The molecule has 1 aromatic carbocycles. The van der Waals surface area contributed by atoms with E-state index in [0.29, 0.717) is 12.8 Å². The number of carbonyl (C=O) groups is 1. The van der Waals surface area contributed by atoms with Crippen LogP contribution in [0.15, 0.2) is 23.1 Å². The van der Waals surface area contributed by atoms with Gasteiger partial charge in [-0.3, -0.25) is 0 Å². The molecule has 0 saturated heterocycles. The summed E-state index contributed by atoms with van der Waals surface area (Å²) < 4.78 is 37.0. The van der Waals surface area contributed by atoms with Crippen LogP contribution in [-0.2, 0) is 19.5 Å². The first-order chi connectivity index (χ1) is 9.87. The average molecular weight is 314 g/mol. The molecule has 1 aromatic rings. The number of nitrogen functional groups attached to an aromatic ring is 1. The van der Waals surface area contributed by atoms with Gasteiger partial charge in [0.05, 0.1) is 23.7 Å². The van der Waals surface area contributed by atoms with Gasteiger partial charge in [0.25, 0.3) is 0 Å². The van der Waals surface area contributed by atoms with Gasteiger partial charge in [0.15, 0.2) is 0 Å². The molecule has 1 fully saturated rings. The van der Waals surface area contributed by atoms with E-state index in [1.807, 2.05) is 0 Å². The summed E-state index contributed by atoms with van der Waals surface area (Å²) in [5.41, 5.74) is 5.81. The maximum atomic E-state index is 12.4. The molecule has 0 spiro atoms. The summed E-state index contributed by atoms with van der Waals surface area (Å²) in [6.07, 6.45) is 1.29. The van der Waals surface area contributed by atoms with E-state index in [1.54, 1.807) is 7.11 Å². The summed E-state index contributed by atoms with van der Waals surface area (Å²) in [5, 5.41) is 0. The third-order valence-electron chi connectivity index (χ3n) is 3.45. The number of methoxy groups -OCH3 is 2. The molecule has 0 atom stereocenters. The van der Waals surface area contributed by atoms with Crippen LogP contribution in [0.25, 0.3) is 0 Å². The second kappa shape index (κ2) is 6.00. The van der Waals surface area contributed by atoms with Crippen LogP contribution in [0.1, 0.15) is 23.2 Å². The summed E-state index contributed by atoms with van der Waals surface area (Å²) in [7, 11) is -1.04. The normalized spacial score (nSPS) is 21.6. The molecule has 0 heterocycles. The molecule has 0 aromatic heterocycles. The molecule has 21 heavy (non-hydrogen) atoms. The Morgan fingerprint density at radius 3 is 2.57 bits per heavy atom. The topological polar surface area (TPSA) is 108 Å². The van der Waals surface area contributed by atoms with Crippen molar-refractivity contribution >= 4 is 21.7 Å². The lowest BCUT2D eigenvalue weighted by molar-refractivity contribution is 0.0236. The zero-order valence-corrected chi connectivity index (χ0v) is 12.6. The standard InChI is InChI=1S/C13H18N2O5S/c1-19-10-6-9(7-10)15-21(17,18)12-4-3-8(14)5-11(12)13(16)20-2/h3-5,9-10,15H,6-7,14H2,1-2H3. The second-order valence-corrected chi connectivity index (χ2v) is 6.58. The molecular formula is C13H18N2O5S. The Morgan fingerprint density at radius 2 is 2.00 bits per heavy atom. The number of anilines is 1. The van der Waals surface area contributed by atoms with Gasteiger partial charge < -0.3 is 15.2 Å². The summed E-state index contributed by atoms with van der Waals surface area (Å²) in [4.78, 5) is 11.6. The number of rotatable bonds is 5. The van der Waals surface area contributed by atoms with Crippen molar-refractivity contribution in [3.8, 4) is 0 Å². The van der Waals surface area contributed by atoms with Crippen molar-refractivity contribution in [2.24, 2.45) is 0 Å². The minimum absolute atomic E-state index is 0.0733. The van der Waals surface area contributed by atoms with Crippen LogP contribution in [0, 0.1) is 0 Å². The quantitative estimate of drug-likeness (QED) is 0.605. The van der Waals surface area contributed by atoms with Gasteiger partial charge in [-0.1, -0.05) is 0 Å². The van der Waals surface area contributed by atoms with Gasteiger partial charge in [0.1, 0.15) is 0 Å². The van der Waals surface area contributed by atoms with E-state index in [1.165, 1.54) is 25.3 Å². The van der Waals surface area contributed by atoms with Crippen molar-refractivity contribution < 1.29 is 22.7 Å². The zero-order chi connectivity index (χ0) is 15.6. The fraction of sp³-hybridized carbons (Fsp3) is 0.462. The highest BCUT2D eigenvalue weighted by Crippen LogP contribution is 2.26. The Hall–Kier alpha value is -1.64. The van der Waals surface area contributed by atoms with Crippen molar-refractivity contribution in [1.82, 2.24) is 4.72 Å². The molecule has 0 radical (unpaired) electrons. The SMILES string of the molecule is COC(=O)c1cc(N)ccc1S(=O)(=O)NC1CC(OC)C1. The molecule has 2 rings (SSSR count). The van der Waals surface area contributed by atoms with E-state index in [0.717, 1.165) is 0 Å². The van der Waals surface area contributed by atoms with Gasteiger partial charge in [-0.25, -0.2) is 17.9 Å². The number of nitrogens with one attached hydrogen (secondary N) is 1. The van der Waals surface area contributed by atoms with E-state index < -0.39 is 16.0 Å². The van der Waals surface area contributed by atoms with Gasteiger partial charge >= 0.3 is 5.97 Å². The molecule has 116 valence electrons. The highest BCUT2D eigenvalue weighted by Gasteiger charge is 2.34. The Morgan fingerprint density at radius 1 is 1.33 bits per heavy atom. The van der Waals surface area contributed by atoms with E-state index in [4.69, 9.17) is 10.5 Å². The fourth-order valence-corrected chi connectivity index (χ4v) is 3.63. The first-order valence-electron chi connectivity index (χ1n) is 6.40. The molecule has 3 N–H and O–H groups in total. The summed E-state index contributed by atoms with van der Waals surface area (Å²) in [6.45, 7) is 0. The highest BCUT2D eigenvalue weighted by atomic mass is 32.2. The second-order valence-electron chi connectivity index (χ2n) is 4.89. The van der Waals surface area contributed by atoms with E-state index in [9.17, 15) is 13.2 Å². The lowest BCUT2D eigenvalue weighted by Gasteiger charge is -2.34. The largest absolute Gasteiger partial charge is 0.465 e. The maximum absolute atomic E-state index is 12.4. The van der Waals surface area contributed by atoms with Crippen LogP contribution < -0.4 is 10.5 Å². The molecule has 8 heteroatoms. The van der Waals surface area contributed by atoms with E-state index >= 15 is 0 Å². The van der Waals surface area contributed by atoms with Gasteiger partial charge in [-0.15, -0.1) is 0 Å². The molecule has 0 unspecified atom stereocenters. The third kappa shape index (κ3) is 3.34. The summed E-state index contributed by atoms with van der Waals surface area (Å²) in [6, 6.07) is 3.83. The number of ether oxygens (including phenoxy) is 2. The summed E-state index contributed by atoms with van der Waals surface area (Å²) >= 11 is 0. The lowest BCUT2D eigenvalue weighted by atomic mass is 9.90. The van der Waals surface area contributed by atoms with Crippen molar-refractivity contribution in [2.45, 2.75) is 29.9 Å². The van der Waals surface area contributed by atoms with Crippen LogP contribution in [0.5, 0.6) is 0 Å². The monoisotopic (exact) mass is 314 g/mol. The smallest absolute Gasteiger partial charge is 0.339 e. The number of benzene rings is 1. The Balaban J connectivity index is 2.26. The maximum Gasteiger partial charge on any atom is 0.339 e. The Kier molecular flexibility index (Phi) is 4.50. The third-order valence-corrected chi connectivity index (χ3v) is 5.03. The number of esters is 1. The van der Waals surface area contributed by atoms with E-state index in [2.05, 4.69) is 9.46 Å². The minimum atomic E-state index is -3.82. The molecule has 1 saturated carbocycles. The van der Waals surface area contributed by atoms with Gasteiger partial charge in [-0.2, -0.15) is 0 Å². The van der Waals surface area contributed by atoms with Crippen LogP contribution in [0.4, 0.5) is 5.69 Å². The molecule has 1 aliphatic carbocycles. The molecule has 7 nitrogen and oxygen atoms in total. The van der Waals surface area contributed by atoms with Crippen LogP contribution in [0.2, 0.25) is 0 Å². The predicted molar refractivity (Wildman–Crippen MR) is 76.3 cm³/mol. The number of hydrogen-bond acceptors (Lipinski definition) is 6. The van der Waals surface area contributed by atoms with Crippen LogP contribution in [-0.4, -0.2) is 40.8 Å². The Bertz CT molecular complexity index is 638. The summed E-state index contributed by atoms with van der Waals surface area (Å²) in [5.74, 6) is -0.744. The van der Waals surface area contributed by atoms with Crippen molar-refractivity contribution in [3.63, 3.8) is 0 Å². The zero-order valence-electron chi connectivity index (χ0n) is 11.8. The van der Waals surface area contributed by atoms with Gasteiger partial charge in [0.2, 0.25) is 10.0 Å². The molecule has 0 amide bonds. The van der Waals surface area contributed by atoms with Crippen molar-refractivity contribution in [3.05, 3.63) is 23.8 Å². The van der Waals surface area contributed by atoms with Gasteiger partial charge in [-0.05, 0) is 31.0 Å². The van der Waals surface area contributed by atoms with Gasteiger partial charge in [0, 0.05) is 18.8 Å². The van der Waals surface area contributed by atoms with Crippen molar-refractivity contribution in [2.75, 3.05) is 20.0 Å². The molecule has 0 bridgehead atoms. The van der Waals surface area contributed by atoms with E-state index in [-0.39, 0.29) is 28.3 Å². The first-order valence-corrected chi connectivity index (χ1v) is 7.88. The predicted octanol–water partition coefficient (Wildman–Crippen LogP) is 0.511. The van der Waals surface area contributed by atoms with Crippen LogP contribution >= 0.6 is 0 Å².